The molecule has 0 spiro atoms. The summed E-state index contributed by atoms with van der Waals surface area (Å²) in [6.07, 6.45) is 0. The van der Waals surface area contributed by atoms with E-state index in [9.17, 15) is 8.42 Å². The first-order chi connectivity index (χ1) is 8.40. The van der Waals surface area contributed by atoms with Crippen molar-refractivity contribution in [2.24, 2.45) is 0 Å². The number of hydrogen-bond donors (Lipinski definition) is 1. The van der Waals surface area contributed by atoms with Gasteiger partial charge in [-0.1, -0.05) is 0 Å². The highest BCUT2D eigenvalue weighted by Crippen LogP contribution is 2.30. The Hall–Kier alpha value is -1.43. The summed E-state index contributed by atoms with van der Waals surface area (Å²) in [5.41, 5.74) is 0.466. The average Bonchev–Trinajstić information content (AvgIpc) is 2.29. The van der Waals surface area contributed by atoms with E-state index in [0.29, 0.717) is 23.8 Å². The van der Waals surface area contributed by atoms with E-state index in [1.807, 2.05) is 6.92 Å². The fraction of sp³-hybridized carbons (Fsp3) is 0.500. The van der Waals surface area contributed by atoms with E-state index in [1.165, 1.54) is 7.11 Å². The first-order valence-corrected chi connectivity index (χ1v) is 7.27. The Labute approximate surface area is 108 Å². The van der Waals surface area contributed by atoms with Gasteiger partial charge in [0.25, 0.3) is 0 Å². The summed E-state index contributed by atoms with van der Waals surface area (Å²) >= 11 is 0. The van der Waals surface area contributed by atoms with Gasteiger partial charge in [-0.05, 0) is 32.9 Å². The molecule has 0 saturated heterocycles. The molecular weight excluding hydrogens is 254 g/mol. The van der Waals surface area contributed by atoms with Crippen LogP contribution in [-0.4, -0.2) is 27.4 Å². The van der Waals surface area contributed by atoms with E-state index in [2.05, 4.69) is 4.72 Å². The van der Waals surface area contributed by atoms with E-state index < -0.39 is 15.3 Å². The van der Waals surface area contributed by atoms with Crippen LogP contribution in [0.5, 0.6) is 11.5 Å². The predicted octanol–water partition coefficient (Wildman–Crippen LogP) is 2.24. The third-order valence-corrected chi connectivity index (χ3v) is 4.11. The highest BCUT2D eigenvalue weighted by Gasteiger charge is 2.16. The lowest BCUT2D eigenvalue weighted by molar-refractivity contribution is 0.311. The van der Waals surface area contributed by atoms with Gasteiger partial charge in [0.2, 0.25) is 10.0 Å². The highest BCUT2D eigenvalue weighted by molar-refractivity contribution is 7.93. The average molecular weight is 273 g/mol. The maximum Gasteiger partial charge on any atom is 0.235 e. The zero-order valence-electron chi connectivity index (χ0n) is 11.1. The molecule has 0 aliphatic heterocycles. The van der Waals surface area contributed by atoms with Crippen molar-refractivity contribution < 1.29 is 17.9 Å². The second kappa shape index (κ2) is 5.95. The summed E-state index contributed by atoms with van der Waals surface area (Å²) in [5, 5.41) is -0.491. The van der Waals surface area contributed by atoms with Crippen molar-refractivity contribution in [3.05, 3.63) is 18.2 Å². The van der Waals surface area contributed by atoms with Crippen molar-refractivity contribution in [2.45, 2.75) is 26.0 Å². The molecule has 1 N–H and O–H groups in total. The second-order valence-corrected chi connectivity index (χ2v) is 6.23. The van der Waals surface area contributed by atoms with Gasteiger partial charge < -0.3 is 9.47 Å². The van der Waals surface area contributed by atoms with Crippen LogP contribution in [0.3, 0.4) is 0 Å². The number of anilines is 1. The van der Waals surface area contributed by atoms with Crippen LogP contribution in [0.2, 0.25) is 0 Å². The van der Waals surface area contributed by atoms with Gasteiger partial charge in [0.05, 0.1) is 24.7 Å². The Bertz CT molecular complexity index is 497. The number of benzene rings is 1. The standard InChI is InChI=1S/C12H19NO4S/c1-5-17-12-8-10(6-7-11(12)16-4)13-18(14,15)9(2)3/h6-9,13H,5H2,1-4H3. The molecule has 0 radical (unpaired) electrons. The lowest BCUT2D eigenvalue weighted by Gasteiger charge is -2.14. The van der Waals surface area contributed by atoms with Crippen molar-refractivity contribution in [1.82, 2.24) is 0 Å². The monoisotopic (exact) mass is 273 g/mol. The molecule has 5 nitrogen and oxygen atoms in total. The maximum absolute atomic E-state index is 11.7. The lowest BCUT2D eigenvalue weighted by atomic mass is 10.3. The summed E-state index contributed by atoms with van der Waals surface area (Å²) < 4.78 is 36.5. The van der Waals surface area contributed by atoms with Crippen molar-refractivity contribution in [2.75, 3.05) is 18.4 Å². The molecule has 0 aliphatic carbocycles. The lowest BCUT2D eigenvalue weighted by Crippen LogP contribution is -2.22. The smallest absolute Gasteiger partial charge is 0.235 e. The fourth-order valence-electron chi connectivity index (χ4n) is 1.29. The van der Waals surface area contributed by atoms with Crippen LogP contribution in [0.1, 0.15) is 20.8 Å². The number of ether oxygens (including phenoxy) is 2. The fourth-order valence-corrected chi connectivity index (χ4v) is 1.98. The molecule has 102 valence electrons. The number of sulfonamides is 1. The van der Waals surface area contributed by atoms with Crippen LogP contribution in [0.25, 0.3) is 0 Å². The van der Waals surface area contributed by atoms with Gasteiger partial charge in [-0.3, -0.25) is 4.72 Å². The van der Waals surface area contributed by atoms with Crippen LogP contribution in [0, 0.1) is 0 Å². The number of hydrogen-bond acceptors (Lipinski definition) is 4. The Kier molecular flexibility index (Phi) is 4.84. The summed E-state index contributed by atoms with van der Waals surface area (Å²) in [7, 11) is -1.81. The molecule has 6 heteroatoms. The van der Waals surface area contributed by atoms with Crippen molar-refractivity contribution in [3.8, 4) is 11.5 Å². The Morgan fingerprint density at radius 3 is 2.44 bits per heavy atom. The zero-order chi connectivity index (χ0) is 13.8. The van der Waals surface area contributed by atoms with E-state index in [-0.39, 0.29) is 0 Å². The molecule has 0 bridgehead atoms. The summed E-state index contributed by atoms with van der Waals surface area (Å²) in [4.78, 5) is 0. The molecule has 0 saturated carbocycles. The molecule has 0 heterocycles. The largest absolute Gasteiger partial charge is 0.493 e. The molecule has 1 aromatic rings. The van der Waals surface area contributed by atoms with E-state index in [0.717, 1.165) is 0 Å². The topological polar surface area (TPSA) is 64.6 Å². The zero-order valence-corrected chi connectivity index (χ0v) is 11.9. The predicted molar refractivity (Wildman–Crippen MR) is 71.8 cm³/mol. The van der Waals surface area contributed by atoms with Crippen LogP contribution in [0.15, 0.2) is 18.2 Å². The number of methoxy groups -OCH3 is 1. The molecule has 0 aromatic heterocycles. The molecule has 0 unspecified atom stereocenters. The summed E-state index contributed by atoms with van der Waals surface area (Å²) in [6.45, 7) is 5.58. The first-order valence-electron chi connectivity index (χ1n) is 5.73. The molecule has 1 aromatic carbocycles. The minimum Gasteiger partial charge on any atom is -0.493 e. The summed E-state index contributed by atoms with van der Waals surface area (Å²) in [5.74, 6) is 1.09. The van der Waals surface area contributed by atoms with Gasteiger partial charge in [0, 0.05) is 6.07 Å². The molecule has 18 heavy (non-hydrogen) atoms. The Balaban J connectivity index is 3.02. The normalized spacial score (nSPS) is 11.4. The third-order valence-electron chi connectivity index (χ3n) is 2.34. The van der Waals surface area contributed by atoms with Crippen LogP contribution >= 0.6 is 0 Å². The van der Waals surface area contributed by atoms with E-state index in [4.69, 9.17) is 9.47 Å². The van der Waals surface area contributed by atoms with Crippen molar-refractivity contribution in [1.29, 1.82) is 0 Å². The van der Waals surface area contributed by atoms with Crippen LogP contribution in [0.4, 0.5) is 5.69 Å². The molecule has 0 atom stereocenters. The van der Waals surface area contributed by atoms with Crippen molar-refractivity contribution in [3.63, 3.8) is 0 Å². The van der Waals surface area contributed by atoms with Crippen LogP contribution < -0.4 is 14.2 Å². The first kappa shape index (κ1) is 14.6. The molecule has 1 rings (SSSR count). The molecule has 0 aliphatic rings. The number of nitrogens with one attached hydrogen (secondary N) is 1. The molecular formula is C12H19NO4S. The minimum atomic E-state index is -3.35. The van der Waals surface area contributed by atoms with Crippen molar-refractivity contribution >= 4 is 15.7 Å². The Morgan fingerprint density at radius 1 is 1.28 bits per heavy atom. The SMILES string of the molecule is CCOc1cc(NS(=O)(=O)C(C)C)ccc1OC. The minimum absolute atomic E-state index is 0.466. The van der Waals surface area contributed by atoms with Gasteiger partial charge >= 0.3 is 0 Å². The van der Waals surface area contributed by atoms with Gasteiger partial charge in [0.1, 0.15) is 0 Å². The molecule has 0 fully saturated rings. The van der Waals surface area contributed by atoms with Gasteiger partial charge in [-0.2, -0.15) is 0 Å². The Morgan fingerprint density at radius 2 is 1.94 bits per heavy atom. The molecule has 0 amide bonds. The second-order valence-electron chi connectivity index (χ2n) is 3.99. The van der Waals surface area contributed by atoms with Crippen LogP contribution in [-0.2, 0) is 10.0 Å². The number of rotatable bonds is 6. The maximum atomic E-state index is 11.7. The quantitative estimate of drug-likeness (QED) is 0.863. The van der Waals surface area contributed by atoms with E-state index >= 15 is 0 Å². The van der Waals surface area contributed by atoms with Gasteiger partial charge in [-0.25, -0.2) is 8.42 Å². The summed E-state index contributed by atoms with van der Waals surface area (Å²) in [6, 6.07) is 4.92. The third kappa shape index (κ3) is 3.53. The van der Waals surface area contributed by atoms with Gasteiger partial charge in [0.15, 0.2) is 11.5 Å². The highest BCUT2D eigenvalue weighted by atomic mass is 32.2. The van der Waals surface area contributed by atoms with Gasteiger partial charge in [-0.15, -0.1) is 0 Å². The van der Waals surface area contributed by atoms with E-state index in [1.54, 1.807) is 32.0 Å².